The second-order valence-corrected chi connectivity index (χ2v) is 11.1. The maximum atomic E-state index is 12.5. The van der Waals surface area contributed by atoms with E-state index in [0.29, 0.717) is 42.8 Å². The highest BCUT2D eigenvalue weighted by Crippen LogP contribution is 2.25. The number of hydrogen-bond acceptors (Lipinski definition) is 15. The molecule has 0 saturated carbocycles. The van der Waals surface area contributed by atoms with Crippen LogP contribution in [-0.4, -0.2) is 115 Å². The highest BCUT2D eigenvalue weighted by Gasteiger charge is 2.34. The van der Waals surface area contributed by atoms with Crippen molar-refractivity contribution in [2.45, 2.75) is 53.4 Å². The number of carbonyl (C=O) groups excluding carboxylic acids is 6. The molecule has 0 atom stereocenters. The lowest BCUT2D eigenvalue weighted by Gasteiger charge is -2.31. The van der Waals surface area contributed by atoms with Gasteiger partial charge in [-0.05, 0) is 27.2 Å². The Morgan fingerprint density at radius 3 is 0.979 bits per heavy atom. The fourth-order valence-corrected chi connectivity index (χ4v) is 3.31. The first-order valence-corrected chi connectivity index (χ1v) is 15.8. The van der Waals surface area contributed by atoms with E-state index in [9.17, 15) is 28.8 Å². The summed E-state index contributed by atoms with van der Waals surface area (Å²) in [6.45, 7) is 18.6. The summed E-state index contributed by atoms with van der Waals surface area (Å²) >= 11 is 0. The van der Waals surface area contributed by atoms with Crippen LogP contribution in [0.4, 0.5) is 0 Å². The number of carbonyl (C=O) groups is 6. The smallest absolute Gasteiger partial charge is 0.333 e. The average Bonchev–Trinajstić information content (AvgIpc) is 3.05. The van der Waals surface area contributed by atoms with Crippen LogP contribution in [0.3, 0.4) is 0 Å². The zero-order chi connectivity index (χ0) is 36.4. The van der Waals surface area contributed by atoms with E-state index in [0.717, 1.165) is 0 Å². The molecule has 0 aromatic heterocycles. The van der Waals surface area contributed by atoms with Crippen molar-refractivity contribution < 1.29 is 57.2 Å². The van der Waals surface area contributed by atoms with Crippen molar-refractivity contribution in [2.24, 2.45) is 5.41 Å². The Morgan fingerprint density at radius 1 is 0.479 bits per heavy atom. The summed E-state index contributed by atoms with van der Waals surface area (Å²) in [4.78, 5) is 71.6. The lowest BCUT2D eigenvalue weighted by Crippen LogP contribution is -2.39. The molecule has 0 aromatic rings. The fourth-order valence-electron chi connectivity index (χ4n) is 3.31. The lowest BCUT2D eigenvalue weighted by atomic mass is 9.88. The van der Waals surface area contributed by atoms with Crippen molar-refractivity contribution in [3.8, 4) is 0 Å². The Morgan fingerprint density at radius 2 is 0.750 bits per heavy atom. The molecule has 3 N–H and O–H groups in total. The summed E-state index contributed by atoms with van der Waals surface area (Å²) < 4.78 is 31.4. The van der Waals surface area contributed by atoms with Gasteiger partial charge in [0.05, 0.1) is 24.7 Å². The van der Waals surface area contributed by atoms with Gasteiger partial charge in [-0.2, -0.15) is 0 Å². The van der Waals surface area contributed by atoms with Gasteiger partial charge < -0.3 is 44.4 Å². The van der Waals surface area contributed by atoms with E-state index in [2.05, 4.69) is 35.7 Å². The molecular weight excluding hydrogens is 630 g/mol. The van der Waals surface area contributed by atoms with E-state index in [4.69, 9.17) is 28.4 Å². The highest BCUT2D eigenvalue weighted by atomic mass is 16.6. The summed E-state index contributed by atoms with van der Waals surface area (Å²) in [5.74, 6) is -3.06. The average molecular weight is 684 g/mol. The molecule has 48 heavy (non-hydrogen) atoms. The van der Waals surface area contributed by atoms with Gasteiger partial charge in [-0.3, -0.25) is 14.4 Å². The van der Waals surface area contributed by atoms with Crippen molar-refractivity contribution in [1.29, 1.82) is 0 Å². The van der Waals surface area contributed by atoms with Crippen molar-refractivity contribution in [1.82, 2.24) is 16.0 Å². The van der Waals surface area contributed by atoms with Crippen LogP contribution in [0.1, 0.15) is 53.4 Å². The Labute approximate surface area is 283 Å². The molecule has 15 heteroatoms. The zero-order valence-corrected chi connectivity index (χ0v) is 28.8. The molecule has 0 fully saturated rings. The van der Waals surface area contributed by atoms with E-state index in [1.807, 2.05) is 0 Å². The standard InChI is InChI=1S/C33H53N3O12/c1-8-33(21-46-27(37)9-12-34-15-18-43-30(40)24(2)3,22-47-28(38)10-13-35-16-19-44-31(41)25(4)5)23-48-29(39)11-14-36-17-20-45-32(42)26(6)7/h34-36H,2,4,6,8-23H2,1,3,5,7H3. The first-order valence-electron chi connectivity index (χ1n) is 15.8. The summed E-state index contributed by atoms with van der Waals surface area (Å²) in [5.41, 5.74) is -0.125. The molecule has 0 saturated heterocycles. The molecule has 0 spiro atoms. The van der Waals surface area contributed by atoms with E-state index in [1.54, 1.807) is 27.7 Å². The Bertz CT molecular complexity index is 974. The van der Waals surface area contributed by atoms with Gasteiger partial charge in [0.2, 0.25) is 0 Å². The van der Waals surface area contributed by atoms with Gasteiger partial charge in [0.25, 0.3) is 0 Å². The third kappa shape index (κ3) is 22.4. The highest BCUT2D eigenvalue weighted by molar-refractivity contribution is 5.87. The predicted octanol–water partition coefficient (Wildman–Crippen LogP) is 1.31. The molecule has 0 aliphatic carbocycles. The monoisotopic (exact) mass is 683 g/mol. The fraction of sp³-hybridized carbons (Fsp3) is 0.636. The maximum absolute atomic E-state index is 12.5. The molecule has 0 radical (unpaired) electrons. The topological polar surface area (TPSA) is 194 Å². The SMILES string of the molecule is C=C(C)C(=O)OCCNCCC(=O)OCC(CC)(COC(=O)CCNCCOC(=O)C(=C)C)COC(=O)CCNCCOC(=O)C(=C)C. The third-order valence-corrected chi connectivity index (χ3v) is 6.47. The summed E-state index contributed by atoms with van der Waals surface area (Å²) in [7, 11) is 0. The summed E-state index contributed by atoms with van der Waals surface area (Å²) in [6, 6.07) is 0. The van der Waals surface area contributed by atoms with Crippen LogP contribution in [0.2, 0.25) is 0 Å². The second-order valence-electron chi connectivity index (χ2n) is 11.1. The van der Waals surface area contributed by atoms with Gasteiger partial charge in [-0.15, -0.1) is 0 Å². The number of ether oxygens (including phenoxy) is 6. The van der Waals surface area contributed by atoms with E-state index in [1.165, 1.54) is 0 Å². The maximum Gasteiger partial charge on any atom is 0.333 e. The van der Waals surface area contributed by atoms with Crippen LogP contribution in [0, 0.1) is 5.41 Å². The van der Waals surface area contributed by atoms with Crippen molar-refractivity contribution >= 4 is 35.8 Å². The first kappa shape index (κ1) is 43.9. The van der Waals surface area contributed by atoms with E-state index < -0.39 is 41.2 Å². The predicted molar refractivity (Wildman–Crippen MR) is 175 cm³/mol. The van der Waals surface area contributed by atoms with Crippen molar-refractivity contribution in [3.63, 3.8) is 0 Å². The molecule has 0 rings (SSSR count). The van der Waals surface area contributed by atoms with Crippen LogP contribution in [0.5, 0.6) is 0 Å². The van der Waals surface area contributed by atoms with Crippen molar-refractivity contribution in [2.75, 3.05) is 78.9 Å². The normalized spacial score (nSPS) is 10.8. The number of hydrogen-bond donors (Lipinski definition) is 3. The van der Waals surface area contributed by atoms with Crippen LogP contribution >= 0.6 is 0 Å². The molecule has 0 bridgehead atoms. The quantitative estimate of drug-likeness (QED) is 0.0462. The van der Waals surface area contributed by atoms with Gasteiger partial charge in [-0.1, -0.05) is 26.7 Å². The van der Waals surface area contributed by atoms with Gasteiger partial charge in [0.1, 0.15) is 39.6 Å². The molecule has 0 aliphatic heterocycles. The molecule has 272 valence electrons. The largest absolute Gasteiger partial charge is 0.465 e. The van der Waals surface area contributed by atoms with E-state index >= 15 is 0 Å². The molecule has 15 nitrogen and oxygen atoms in total. The molecular formula is C33H53N3O12. The minimum absolute atomic E-state index is 0.0223. The third-order valence-electron chi connectivity index (χ3n) is 6.47. The van der Waals surface area contributed by atoms with Crippen LogP contribution in [0.25, 0.3) is 0 Å². The Hall–Kier alpha value is -4.08. The first-order chi connectivity index (χ1) is 22.7. The number of nitrogens with one attached hydrogen (secondary N) is 3. The van der Waals surface area contributed by atoms with Gasteiger partial charge in [0, 0.05) is 56.0 Å². The van der Waals surface area contributed by atoms with Crippen molar-refractivity contribution in [3.05, 3.63) is 36.5 Å². The van der Waals surface area contributed by atoms with Gasteiger partial charge in [-0.25, -0.2) is 14.4 Å². The molecule has 0 unspecified atom stereocenters. The van der Waals surface area contributed by atoms with Gasteiger partial charge in [0.15, 0.2) is 0 Å². The minimum Gasteiger partial charge on any atom is -0.465 e. The lowest BCUT2D eigenvalue weighted by molar-refractivity contribution is -0.162. The zero-order valence-electron chi connectivity index (χ0n) is 28.8. The summed E-state index contributed by atoms with van der Waals surface area (Å²) in [5, 5.41) is 8.92. The molecule has 0 heterocycles. The van der Waals surface area contributed by atoms with Crippen LogP contribution < -0.4 is 16.0 Å². The van der Waals surface area contributed by atoms with Crippen LogP contribution in [-0.2, 0) is 57.2 Å². The number of rotatable bonds is 28. The molecule has 0 aromatic carbocycles. The minimum atomic E-state index is -1.00. The second kappa shape index (κ2) is 25.9. The molecule has 0 aliphatic rings. The Balaban J connectivity index is 4.87. The summed E-state index contributed by atoms with van der Waals surface area (Å²) in [6.07, 6.45) is 0.420. The van der Waals surface area contributed by atoms with E-state index in [-0.39, 0.29) is 78.5 Å². The van der Waals surface area contributed by atoms with Gasteiger partial charge >= 0.3 is 35.8 Å². The number of esters is 6. The van der Waals surface area contributed by atoms with Crippen LogP contribution in [0.15, 0.2) is 36.5 Å². The molecule has 0 amide bonds. The Kier molecular flexibility index (Phi) is 23.7.